The lowest BCUT2D eigenvalue weighted by atomic mass is 9.96. The van der Waals surface area contributed by atoms with Gasteiger partial charge in [0.2, 0.25) is 0 Å². The van der Waals surface area contributed by atoms with Gasteiger partial charge >= 0.3 is 15.6 Å². The Balaban J connectivity index is 2.56. The lowest BCUT2D eigenvalue weighted by molar-refractivity contribution is -0.00430. The van der Waals surface area contributed by atoms with Crippen molar-refractivity contribution in [3.8, 4) is 0 Å². The molecule has 0 aromatic carbocycles. The first kappa shape index (κ1) is 15.3. The molecule has 3 atom stereocenters. The Morgan fingerprint density at radius 1 is 1.24 bits per heavy atom. The van der Waals surface area contributed by atoms with Crippen LogP contribution in [0.25, 0.3) is 0 Å². The number of ether oxygens (including phenoxy) is 1. The predicted molar refractivity (Wildman–Crippen MR) is 53.9 cm³/mol. The first-order valence-electron chi connectivity index (χ1n) is 4.42. The van der Waals surface area contributed by atoms with Crippen molar-refractivity contribution < 1.29 is 42.5 Å². The van der Waals surface area contributed by atoms with Gasteiger partial charge in [-0.25, -0.2) is 9.13 Å². The summed E-state index contributed by atoms with van der Waals surface area (Å²) in [5.41, 5.74) is 0. The van der Waals surface area contributed by atoms with E-state index in [1.165, 1.54) is 0 Å². The molecule has 1 fully saturated rings. The smallest absolute Gasteiger partial charge is 0.380 e. The molecule has 9 nitrogen and oxygen atoms in total. The Labute approximate surface area is 98.0 Å². The van der Waals surface area contributed by atoms with Gasteiger partial charge in [0.15, 0.2) is 0 Å². The molecule has 1 aliphatic heterocycles. The van der Waals surface area contributed by atoms with Crippen LogP contribution in [0, 0.1) is 0 Å². The van der Waals surface area contributed by atoms with Crippen LogP contribution in [0.3, 0.4) is 0 Å². The maximum absolute atomic E-state index is 10.6. The SMILES string of the molecule is [B][C@H]1C[C@@H](OP(=O)(O)O)[C@@H](COP(=O)(O)O)O1. The molecule has 0 saturated carbocycles. The van der Waals surface area contributed by atoms with Crippen molar-refractivity contribution in [1.82, 2.24) is 0 Å². The van der Waals surface area contributed by atoms with Crippen molar-refractivity contribution in [2.45, 2.75) is 24.6 Å². The van der Waals surface area contributed by atoms with Crippen molar-refractivity contribution in [2.24, 2.45) is 0 Å². The van der Waals surface area contributed by atoms with Gasteiger partial charge in [-0.3, -0.25) is 9.05 Å². The minimum atomic E-state index is -4.73. The first-order valence-corrected chi connectivity index (χ1v) is 7.48. The Hall–Kier alpha value is 0.245. The average molecular weight is 288 g/mol. The zero-order valence-electron chi connectivity index (χ0n) is 8.45. The number of phosphoric acid groups is 2. The summed E-state index contributed by atoms with van der Waals surface area (Å²) in [4.78, 5) is 34.2. The van der Waals surface area contributed by atoms with Crippen LogP contribution in [0.15, 0.2) is 0 Å². The quantitative estimate of drug-likeness (QED) is 0.364. The molecule has 1 heterocycles. The average Bonchev–Trinajstić information content (AvgIpc) is 2.38. The van der Waals surface area contributed by atoms with Crippen molar-refractivity contribution in [1.29, 1.82) is 0 Å². The Bertz CT molecular complexity index is 349. The van der Waals surface area contributed by atoms with Crippen LogP contribution in [0.4, 0.5) is 0 Å². The van der Waals surface area contributed by atoms with E-state index in [4.69, 9.17) is 32.2 Å². The van der Waals surface area contributed by atoms with Crippen molar-refractivity contribution in [2.75, 3.05) is 6.61 Å². The molecule has 0 aromatic rings. The molecule has 0 unspecified atom stereocenters. The number of rotatable bonds is 5. The molecule has 0 aromatic heterocycles. The van der Waals surface area contributed by atoms with Crippen LogP contribution in [0.2, 0.25) is 0 Å². The highest BCUT2D eigenvalue weighted by molar-refractivity contribution is 7.46. The molecule has 17 heavy (non-hydrogen) atoms. The molecule has 0 bridgehead atoms. The second-order valence-corrected chi connectivity index (χ2v) is 5.80. The van der Waals surface area contributed by atoms with Gasteiger partial charge in [-0.05, 0) is 6.42 Å². The zero-order chi connectivity index (χ0) is 13.3. The highest BCUT2D eigenvalue weighted by Gasteiger charge is 2.38. The number of hydrogen-bond donors (Lipinski definition) is 4. The van der Waals surface area contributed by atoms with E-state index in [9.17, 15) is 9.13 Å². The van der Waals surface area contributed by atoms with E-state index in [1.54, 1.807) is 0 Å². The van der Waals surface area contributed by atoms with Crippen molar-refractivity contribution in [3.63, 3.8) is 0 Å². The molecule has 1 saturated heterocycles. The molecular formula is C5H11BO9P2. The molecule has 2 radical (unpaired) electrons. The van der Waals surface area contributed by atoms with Crippen LogP contribution < -0.4 is 0 Å². The summed E-state index contributed by atoms with van der Waals surface area (Å²) in [5, 5.41) is 0. The van der Waals surface area contributed by atoms with Gasteiger partial charge in [0, 0.05) is 6.00 Å². The Morgan fingerprint density at radius 3 is 2.29 bits per heavy atom. The normalized spacial score (nSPS) is 30.7. The predicted octanol–water partition coefficient (Wildman–Crippen LogP) is -1.14. The molecule has 0 aliphatic carbocycles. The maximum Gasteiger partial charge on any atom is 0.469 e. The third kappa shape index (κ3) is 6.10. The second kappa shape index (κ2) is 5.48. The van der Waals surface area contributed by atoms with Crippen LogP contribution in [-0.2, 0) is 22.9 Å². The highest BCUT2D eigenvalue weighted by atomic mass is 31.2. The summed E-state index contributed by atoms with van der Waals surface area (Å²) in [6.07, 6.45) is -2.15. The summed E-state index contributed by atoms with van der Waals surface area (Å²) in [5.74, 6) is 0. The Kier molecular flexibility index (Phi) is 4.93. The fraction of sp³-hybridized carbons (Fsp3) is 1.00. The standard InChI is InChI=1S/C5H11BO9P2/c6-5-1-3(15-17(10,11)12)4(14-5)2-13-16(7,8)9/h3-5H,1-2H2,(H2,7,8,9)(H2,10,11,12)/t3-,4-,5-/m1/s1. The largest absolute Gasteiger partial charge is 0.469 e. The van der Waals surface area contributed by atoms with Crippen LogP contribution in [0.5, 0.6) is 0 Å². The minimum absolute atomic E-state index is 0.0136. The summed E-state index contributed by atoms with van der Waals surface area (Å²) in [6.45, 7) is -0.581. The summed E-state index contributed by atoms with van der Waals surface area (Å²) < 4.78 is 34.6. The minimum Gasteiger partial charge on any atom is -0.380 e. The highest BCUT2D eigenvalue weighted by Crippen LogP contribution is 2.43. The van der Waals surface area contributed by atoms with E-state index in [1.807, 2.05) is 0 Å². The van der Waals surface area contributed by atoms with E-state index in [2.05, 4.69) is 9.05 Å². The van der Waals surface area contributed by atoms with Gasteiger partial charge in [-0.2, -0.15) is 0 Å². The van der Waals surface area contributed by atoms with Crippen molar-refractivity contribution in [3.05, 3.63) is 0 Å². The molecule has 1 aliphatic rings. The lowest BCUT2D eigenvalue weighted by Gasteiger charge is -2.19. The molecule has 0 spiro atoms. The van der Waals surface area contributed by atoms with Crippen molar-refractivity contribution >= 4 is 23.5 Å². The molecule has 1 rings (SSSR count). The van der Waals surface area contributed by atoms with E-state index in [-0.39, 0.29) is 6.42 Å². The topological polar surface area (TPSA) is 143 Å². The van der Waals surface area contributed by atoms with E-state index >= 15 is 0 Å². The molecule has 0 amide bonds. The number of hydrogen-bond acceptors (Lipinski definition) is 5. The summed E-state index contributed by atoms with van der Waals surface area (Å²) in [7, 11) is -4.05. The summed E-state index contributed by atoms with van der Waals surface area (Å²) >= 11 is 0. The van der Waals surface area contributed by atoms with Gasteiger partial charge in [0.25, 0.3) is 0 Å². The van der Waals surface area contributed by atoms with Crippen LogP contribution >= 0.6 is 15.6 Å². The maximum atomic E-state index is 10.6. The van der Waals surface area contributed by atoms with Gasteiger partial charge in [-0.1, -0.05) is 0 Å². The lowest BCUT2D eigenvalue weighted by Crippen LogP contribution is -2.28. The molecule has 12 heteroatoms. The van der Waals surface area contributed by atoms with Gasteiger partial charge < -0.3 is 24.3 Å². The molecule has 4 N–H and O–H groups in total. The fourth-order valence-corrected chi connectivity index (χ4v) is 2.27. The Morgan fingerprint density at radius 2 is 1.82 bits per heavy atom. The monoisotopic (exact) mass is 288 g/mol. The van der Waals surface area contributed by atoms with E-state index in [0.717, 1.165) is 0 Å². The zero-order valence-corrected chi connectivity index (χ0v) is 10.2. The van der Waals surface area contributed by atoms with Gasteiger partial charge in [0.05, 0.1) is 12.7 Å². The second-order valence-electron chi connectivity index (χ2n) is 3.37. The molecule has 98 valence electrons. The van der Waals surface area contributed by atoms with Crippen LogP contribution in [-0.4, -0.2) is 52.2 Å². The number of phosphoric ester groups is 2. The van der Waals surface area contributed by atoms with E-state index in [0.29, 0.717) is 0 Å². The molecular weight excluding hydrogens is 277 g/mol. The van der Waals surface area contributed by atoms with Crippen LogP contribution in [0.1, 0.15) is 6.42 Å². The third-order valence-corrected chi connectivity index (χ3v) is 2.94. The van der Waals surface area contributed by atoms with E-state index < -0.39 is 40.5 Å². The summed E-state index contributed by atoms with van der Waals surface area (Å²) in [6, 6.07) is -0.836. The third-order valence-electron chi connectivity index (χ3n) is 1.91. The fourth-order valence-electron chi connectivity index (χ4n) is 1.35. The first-order chi connectivity index (χ1) is 7.57. The van der Waals surface area contributed by atoms with Gasteiger partial charge in [-0.15, -0.1) is 0 Å². The van der Waals surface area contributed by atoms with Gasteiger partial charge in [0.1, 0.15) is 14.0 Å².